The van der Waals surface area contributed by atoms with Crippen molar-refractivity contribution >= 4 is 11.0 Å². The van der Waals surface area contributed by atoms with Crippen LogP contribution in [0, 0.1) is 24.6 Å². The van der Waals surface area contributed by atoms with Gasteiger partial charge in [0, 0.05) is 17.4 Å². The van der Waals surface area contributed by atoms with Crippen molar-refractivity contribution in [3.8, 4) is 11.8 Å². The molecule has 0 saturated heterocycles. The maximum atomic E-state index is 13.3. The second-order valence-electron chi connectivity index (χ2n) is 4.47. The van der Waals surface area contributed by atoms with E-state index in [0.29, 0.717) is 6.42 Å². The van der Waals surface area contributed by atoms with Gasteiger partial charge in [-0.05, 0) is 38.6 Å². The summed E-state index contributed by atoms with van der Waals surface area (Å²) < 4.78 is 19.2. The molecule has 0 amide bonds. The van der Waals surface area contributed by atoms with Gasteiger partial charge in [-0.25, -0.2) is 4.39 Å². The molecule has 1 aromatic carbocycles. The molecule has 2 nitrogen and oxygen atoms in total. The van der Waals surface area contributed by atoms with Gasteiger partial charge in [0.25, 0.3) is 0 Å². The van der Waals surface area contributed by atoms with Crippen molar-refractivity contribution in [3.63, 3.8) is 0 Å². The first-order valence-corrected chi connectivity index (χ1v) is 6.49. The molecule has 0 saturated carbocycles. The molecule has 0 aliphatic heterocycles. The van der Waals surface area contributed by atoms with Crippen LogP contribution in [0.25, 0.3) is 11.0 Å². The van der Waals surface area contributed by atoms with E-state index in [2.05, 4.69) is 17.2 Å². The third-order valence-corrected chi connectivity index (χ3v) is 3.19. The van der Waals surface area contributed by atoms with Crippen molar-refractivity contribution in [1.29, 1.82) is 0 Å². The molecule has 0 bridgehead atoms. The molecule has 1 atom stereocenters. The number of fused-ring (bicyclic) bond motifs is 1. The SMILES string of the molecule is CC#CCC(NCC)c1oc2ccc(F)cc2c1C. The summed E-state index contributed by atoms with van der Waals surface area (Å²) in [5.74, 6) is 6.58. The molecule has 1 N–H and O–H groups in total. The minimum atomic E-state index is -0.240. The first kappa shape index (κ1) is 13.6. The van der Waals surface area contributed by atoms with E-state index in [9.17, 15) is 4.39 Å². The molecule has 2 aromatic rings. The van der Waals surface area contributed by atoms with E-state index in [-0.39, 0.29) is 11.9 Å². The molecule has 3 heteroatoms. The fourth-order valence-corrected chi connectivity index (χ4v) is 2.25. The van der Waals surface area contributed by atoms with Gasteiger partial charge in [0.15, 0.2) is 0 Å². The Bertz CT molecular complexity index is 633. The van der Waals surface area contributed by atoms with E-state index in [1.165, 1.54) is 12.1 Å². The standard InChI is InChI=1S/C16H18FNO/c1-4-6-7-14(18-5-2)16-11(3)13-10-12(17)8-9-15(13)19-16/h8-10,14,18H,5,7H2,1-3H3. The smallest absolute Gasteiger partial charge is 0.134 e. The highest BCUT2D eigenvalue weighted by Gasteiger charge is 2.19. The van der Waals surface area contributed by atoms with Crippen molar-refractivity contribution in [2.24, 2.45) is 0 Å². The zero-order valence-electron chi connectivity index (χ0n) is 11.5. The summed E-state index contributed by atoms with van der Waals surface area (Å²) in [6, 6.07) is 4.67. The normalized spacial score (nSPS) is 12.2. The molecule has 1 heterocycles. The summed E-state index contributed by atoms with van der Waals surface area (Å²) in [6.07, 6.45) is 0.688. The molecule has 1 aromatic heterocycles. The van der Waals surface area contributed by atoms with Gasteiger partial charge in [-0.3, -0.25) is 0 Å². The first-order chi connectivity index (χ1) is 9.17. The first-order valence-electron chi connectivity index (χ1n) is 6.49. The zero-order chi connectivity index (χ0) is 13.8. The molecule has 0 radical (unpaired) electrons. The minimum absolute atomic E-state index is 0.0490. The van der Waals surface area contributed by atoms with Crippen LogP contribution in [-0.4, -0.2) is 6.54 Å². The Balaban J connectivity index is 2.46. The van der Waals surface area contributed by atoms with E-state index < -0.39 is 0 Å². The van der Waals surface area contributed by atoms with Gasteiger partial charge in [0.2, 0.25) is 0 Å². The molecule has 0 fully saturated rings. The molecule has 1 unspecified atom stereocenters. The summed E-state index contributed by atoms with van der Waals surface area (Å²) in [4.78, 5) is 0. The number of hydrogen-bond donors (Lipinski definition) is 1. The van der Waals surface area contributed by atoms with Crippen molar-refractivity contribution in [2.75, 3.05) is 6.54 Å². The van der Waals surface area contributed by atoms with Crippen LogP contribution in [0.15, 0.2) is 22.6 Å². The maximum absolute atomic E-state index is 13.3. The topological polar surface area (TPSA) is 25.2 Å². The van der Waals surface area contributed by atoms with Crippen LogP contribution in [0.2, 0.25) is 0 Å². The molecule has 2 rings (SSSR count). The number of furan rings is 1. The van der Waals surface area contributed by atoms with Crippen LogP contribution in [0.3, 0.4) is 0 Å². The number of benzene rings is 1. The van der Waals surface area contributed by atoms with Crippen LogP contribution in [-0.2, 0) is 0 Å². The van der Waals surface area contributed by atoms with Crippen LogP contribution < -0.4 is 5.32 Å². The monoisotopic (exact) mass is 259 g/mol. The summed E-state index contributed by atoms with van der Waals surface area (Å²) >= 11 is 0. The summed E-state index contributed by atoms with van der Waals surface area (Å²) in [5.41, 5.74) is 1.71. The molecule has 0 aliphatic carbocycles. The Labute approximate surface area is 113 Å². The molecule has 100 valence electrons. The molecule has 0 aliphatic rings. The maximum Gasteiger partial charge on any atom is 0.134 e. The van der Waals surface area contributed by atoms with Crippen LogP contribution in [0.1, 0.15) is 37.6 Å². The number of rotatable bonds is 4. The predicted octanol–water partition coefficient (Wildman–Crippen LogP) is 3.94. The highest BCUT2D eigenvalue weighted by atomic mass is 19.1. The highest BCUT2D eigenvalue weighted by Crippen LogP contribution is 2.31. The van der Waals surface area contributed by atoms with Gasteiger partial charge in [0.05, 0.1) is 6.04 Å². The Morgan fingerprint density at radius 1 is 1.42 bits per heavy atom. The molecule has 0 spiro atoms. The Hall–Kier alpha value is -1.79. The van der Waals surface area contributed by atoms with Gasteiger partial charge in [0.1, 0.15) is 17.2 Å². The van der Waals surface area contributed by atoms with Gasteiger partial charge in [-0.1, -0.05) is 6.92 Å². The van der Waals surface area contributed by atoms with E-state index in [4.69, 9.17) is 4.42 Å². The number of aryl methyl sites for hydroxylation is 1. The Kier molecular flexibility index (Phi) is 4.24. The largest absolute Gasteiger partial charge is 0.459 e. The van der Waals surface area contributed by atoms with E-state index >= 15 is 0 Å². The number of nitrogens with one attached hydrogen (secondary N) is 1. The molecular weight excluding hydrogens is 241 g/mol. The fraction of sp³-hybridized carbons (Fsp3) is 0.375. The summed E-state index contributed by atoms with van der Waals surface area (Å²) in [7, 11) is 0. The van der Waals surface area contributed by atoms with Gasteiger partial charge in [-0.15, -0.1) is 11.8 Å². The zero-order valence-corrected chi connectivity index (χ0v) is 11.5. The van der Waals surface area contributed by atoms with Crippen molar-refractivity contribution < 1.29 is 8.81 Å². The van der Waals surface area contributed by atoms with Crippen molar-refractivity contribution in [3.05, 3.63) is 35.3 Å². The predicted molar refractivity (Wildman–Crippen MR) is 75.4 cm³/mol. The Morgan fingerprint density at radius 3 is 2.89 bits per heavy atom. The number of halogens is 1. The lowest BCUT2D eigenvalue weighted by molar-refractivity contribution is 0.439. The van der Waals surface area contributed by atoms with Crippen LogP contribution in [0.5, 0.6) is 0 Å². The van der Waals surface area contributed by atoms with E-state index in [1.807, 2.05) is 20.8 Å². The van der Waals surface area contributed by atoms with Crippen LogP contribution in [0.4, 0.5) is 4.39 Å². The van der Waals surface area contributed by atoms with Gasteiger partial charge in [-0.2, -0.15) is 0 Å². The lowest BCUT2D eigenvalue weighted by Gasteiger charge is -2.13. The fourth-order valence-electron chi connectivity index (χ4n) is 2.25. The second kappa shape index (κ2) is 5.90. The second-order valence-corrected chi connectivity index (χ2v) is 4.47. The minimum Gasteiger partial charge on any atom is -0.459 e. The lowest BCUT2D eigenvalue weighted by atomic mass is 10.1. The highest BCUT2D eigenvalue weighted by molar-refractivity contribution is 5.82. The third-order valence-electron chi connectivity index (χ3n) is 3.19. The average Bonchev–Trinajstić information content (AvgIpc) is 2.72. The Morgan fingerprint density at radius 2 is 2.21 bits per heavy atom. The van der Waals surface area contributed by atoms with Crippen LogP contribution >= 0.6 is 0 Å². The van der Waals surface area contributed by atoms with Crippen molar-refractivity contribution in [1.82, 2.24) is 5.32 Å². The third kappa shape index (κ3) is 2.80. The van der Waals surface area contributed by atoms with E-state index in [1.54, 1.807) is 6.07 Å². The molecule has 19 heavy (non-hydrogen) atoms. The average molecular weight is 259 g/mol. The van der Waals surface area contributed by atoms with Gasteiger partial charge >= 0.3 is 0 Å². The van der Waals surface area contributed by atoms with Crippen molar-refractivity contribution in [2.45, 2.75) is 33.2 Å². The number of hydrogen-bond acceptors (Lipinski definition) is 2. The molecular formula is C16H18FNO. The quantitative estimate of drug-likeness (QED) is 0.841. The lowest BCUT2D eigenvalue weighted by Crippen LogP contribution is -2.20. The van der Waals surface area contributed by atoms with Gasteiger partial charge < -0.3 is 9.73 Å². The summed E-state index contributed by atoms with van der Waals surface area (Å²) in [6.45, 7) is 6.67. The van der Waals surface area contributed by atoms with E-state index in [0.717, 1.165) is 28.8 Å². The summed E-state index contributed by atoms with van der Waals surface area (Å²) in [5, 5.41) is 4.20.